The average molecular weight is 435 g/mol. The SMILES string of the molecule is Cc1c2c(cc3ccccc13)Sc1cc3cc(CC(C)(C)C)ccc3c3cc[n+](C)c-2c13. The Hall–Kier alpha value is -2.84. The van der Waals surface area contributed by atoms with Crippen molar-refractivity contribution in [1.29, 1.82) is 0 Å². The van der Waals surface area contributed by atoms with Crippen LogP contribution in [0.5, 0.6) is 0 Å². The van der Waals surface area contributed by atoms with Crippen LogP contribution in [0.1, 0.15) is 31.9 Å². The topological polar surface area (TPSA) is 3.88 Å². The molecule has 2 heteroatoms. The highest BCUT2D eigenvalue weighted by molar-refractivity contribution is 7.99. The Labute approximate surface area is 194 Å². The molecule has 0 spiro atoms. The summed E-state index contributed by atoms with van der Waals surface area (Å²) in [6, 6.07) is 22.9. The lowest BCUT2D eigenvalue weighted by molar-refractivity contribution is -0.659. The summed E-state index contributed by atoms with van der Waals surface area (Å²) in [5, 5.41) is 8.12. The van der Waals surface area contributed by atoms with Gasteiger partial charge in [0.25, 0.3) is 0 Å². The first-order chi connectivity index (χ1) is 15.3. The van der Waals surface area contributed by atoms with Crippen LogP contribution in [-0.2, 0) is 13.5 Å². The van der Waals surface area contributed by atoms with E-state index in [-0.39, 0.29) is 5.41 Å². The van der Waals surface area contributed by atoms with E-state index >= 15 is 0 Å². The van der Waals surface area contributed by atoms with Crippen molar-refractivity contribution in [2.75, 3.05) is 0 Å². The van der Waals surface area contributed by atoms with Gasteiger partial charge in [0.1, 0.15) is 7.05 Å². The number of fused-ring (bicyclic) bond motifs is 5. The maximum Gasteiger partial charge on any atom is 0.222 e. The molecular weight excluding hydrogens is 406 g/mol. The lowest BCUT2D eigenvalue weighted by atomic mass is 9.87. The molecule has 0 aliphatic carbocycles. The quantitative estimate of drug-likeness (QED) is 0.187. The normalized spacial score (nSPS) is 13.2. The molecule has 1 nitrogen and oxygen atoms in total. The van der Waals surface area contributed by atoms with Gasteiger partial charge in [0.2, 0.25) is 5.69 Å². The number of nitrogens with zero attached hydrogens (tertiary/aromatic N) is 1. The van der Waals surface area contributed by atoms with E-state index in [1.54, 1.807) is 0 Å². The molecule has 1 aliphatic rings. The van der Waals surface area contributed by atoms with Crippen molar-refractivity contribution in [1.82, 2.24) is 0 Å². The Morgan fingerprint density at radius 1 is 0.812 bits per heavy atom. The van der Waals surface area contributed by atoms with E-state index in [0.29, 0.717) is 0 Å². The third kappa shape index (κ3) is 2.97. The van der Waals surface area contributed by atoms with Crippen LogP contribution in [0, 0.1) is 12.3 Å². The summed E-state index contributed by atoms with van der Waals surface area (Å²) in [5.74, 6) is 0. The molecule has 32 heavy (non-hydrogen) atoms. The number of pyridine rings is 1. The fraction of sp³-hybridized carbons (Fsp3) is 0.233. The minimum absolute atomic E-state index is 0.284. The van der Waals surface area contributed by atoms with Gasteiger partial charge in [0.05, 0.1) is 10.9 Å². The van der Waals surface area contributed by atoms with Crippen LogP contribution >= 0.6 is 11.8 Å². The highest BCUT2D eigenvalue weighted by Gasteiger charge is 2.30. The van der Waals surface area contributed by atoms with Crippen LogP contribution in [0.4, 0.5) is 0 Å². The third-order valence-electron chi connectivity index (χ3n) is 6.73. The fourth-order valence-corrected chi connectivity index (χ4v) is 6.68. The van der Waals surface area contributed by atoms with E-state index in [4.69, 9.17) is 0 Å². The lowest BCUT2D eigenvalue weighted by Crippen LogP contribution is -2.31. The second kappa shape index (κ2) is 6.83. The fourth-order valence-electron chi connectivity index (χ4n) is 5.41. The number of aryl methyl sites for hydroxylation is 2. The van der Waals surface area contributed by atoms with E-state index in [1.807, 2.05) is 11.8 Å². The monoisotopic (exact) mass is 434 g/mol. The van der Waals surface area contributed by atoms with Crippen molar-refractivity contribution in [3.63, 3.8) is 0 Å². The van der Waals surface area contributed by atoms with Crippen molar-refractivity contribution >= 4 is 44.1 Å². The van der Waals surface area contributed by atoms with Gasteiger partial charge in [0, 0.05) is 21.2 Å². The molecule has 0 fully saturated rings. The molecule has 1 aliphatic heterocycles. The first-order valence-electron chi connectivity index (χ1n) is 11.4. The highest BCUT2D eigenvalue weighted by atomic mass is 32.2. The summed E-state index contributed by atoms with van der Waals surface area (Å²) in [6.07, 6.45) is 3.32. The van der Waals surface area contributed by atoms with Crippen molar-refractivity contribution in [3.05, 3.63) is 78.0 Å². The molecule has 0 saturated heterocycles. The third-order valence-corrected chi connectivity index (χ3v) is 7.81. The summed E-state index contributed by atoms with van der Waals surface area (Å²) in [4.78, 5) is 2.73. The lowest BCUT2D eigenvalue weighted by Gasteiger charge is -2.22. The largest absolute Gasteiger partial charge is 0.222 e. The van der Waals surface area contributed by atoms with Crippen molar-refractivity contribution in [3.8, 4) is 11.3 Å². The number of hydrogen-bond acceptors (Lipinski definition) is 1. The van der Waals surface area contributed by atoms with E-state index in [0.717, 1.165) is 6.42 Å². The van der Waals surface area contributed by atoms with Gasteiger partial charge in [-0.15, -0.1) is 0 Å². The molecular formula is C30H28NS+. The summed E-state index contributed by atoms with van der Waals surface area (Å²) < 4.78 is 2.31. The van der Waals surface area contributed by atoms with Crippen LogP contribution in [0.25, 0.3) is 43.6 Å². The summed E-state index contributed by atoms with van der Waals surface area (Å²) >= 11 is 1.93. The first-order valence-corrected chi connectivity index (χ1v) is 12.2. The molecule has 2 heterocycles. The molecule has 1 aromatic heterocycles. The minimum atomic E-state index is 0.284. The van der Waals surface area contributed by atoms with E-state index in [2.05, 4.69) is 106 Å². The van der Waals surface area contributed by atoms with Gasteiger partial charge in [-0.1, -0.05) is 75.0 Å². The van der Waals surface area contributed by atoms with Crippen molar-refractivity contribution in [2.45, 2.75) is 43.9 Å². The van der Waals surface area contributed by atoms with Crippen LogP contribution in [-0.4, -0.2) is 0 Å². The zero-order chi connectivity index (χ0) is 22.2. The maximum absolute atomic E-state index is 2.42. The minimum Gasteiger partial charge on any atom is -0.200 e. The van der Waals surface area contributed by atoms with Gasteiger partial charge in [-0.25, -0.2) is 4.57 Å². The van der Waals surface area contributed by atoms with Gasteiger partial charge in [-0.05, 0) is 63.6 Å². The van der Waals surface area contributed by atoms with Gasteiger partial charge in [-0.2, -0.15) is 0 Å². The first kappa shape index (κ1) is 19.8. The summed E-state index contributed by atoms with van der Waals surface area (Å²) in [7, 11) is 2.18. The molecule has 0 saturated carbocycles. The smallest absolute Gasteiger partial charge is 0.200 e. The van der Waals surface area contributed by atoms with Crippen LogP contribution in [0.2, 0.25) is 0 Å². The Balaban J connectivity index is 1.69. The second-order valence-electron chi connectivity index (χ2n) is 10.4. The van der Waals surface area contributed by atoms with Gasteiger partial charge < -0.3 is 0 Å². The Bertz CT molecular complexity index is 1570. The predicted octanol–water partition coefficient (Wildman–Crippen LogP) is 8.00. The van der Waals surface area contributed by atoms with Gasteiger partial charge >= 0.3 is 0 Å². The molecule has 6 rings (SSSR count). The molecule has 5 aromatic rings. The Morgan fingerprint density at radius 3 is 2.41 bits per heavy atom. The standard InChI is InChI=1S/C30H28NS/c1-18-22-9-7-6-8-20(22)15-25-27(18)29-28-24(12-13-31(29)5)23-11-10-19(17-30(2,3)4)14-21(23)16-26(28)32-25/h6-16H,17H2,1-5H3/q+1. The van der Waals surface area contributed by atoms with Crippen molar-refractivity contribution in [2.24, 2.45) is 12.5 Å². The number of rotatable bonds is 1. The molecule has 158 valence electrons. The zero-order valence-electron chi connectivity index (χ0n) is 19.4. The summed E-state index contributed by atoms with van der Waals surface area (Å²) in [5.41, 5.74) is 5.81. The predicted molar refractivity (Wildman–Crippen MR) is 138 cm³/mol. The number of hydrogen-bond donors (Lipinski definition) is 0. The van der Waals surface area contributed by atoms with Crippen LogP contribution < -0.4 is 4.57 Å². The zero-order valence-corrected chi connectivity index (χ0v) is 20.2. The molecule has 0 bridgehead atoms. The van der Waals surface area contributed by atoms with E-state index < -0.39 is 0 Å². The molecule has 0 radical (unpaired) electrons. The summed E-state index contributed by atoms with van der Waals surface area (Å²) in [6.45, 7) is 9.22. The average Bonchev–Trinajstić information content (AvgIpc) is 2.74. The Morgan fingerprint density at radius 2 is 1.59 bits per heavy atom. The van der Waals surface area contributed by atoms with Gasteiger partial charge in [0.15, 0.2) is 6.20 Å². The second-order valence-corrected chi connectivity index (χ2v) is 11.5. The van der Waals surface area contributed by atoms with Gasteiger partial charge in [-0.3, -0.25) is 0 Å². The molecule has 0 unspecified atom stereocenters. The molecule has 0 atom stereocenters. The maximum atomic E-state index is 2.42. The van der Waals surface area contributed by atoms with E-state index in [1.165, 1.54) is 64.5 Å². The molecule has 0 N–H and O–H groups in total. The molecule has 0 amide bonds. The van der Waals surface area contributed by atoms with Crippen LogP contribution in [0.3, 0.4) is 0 Å². The number of aromatic nitrogens is 1. The molecule has 4 aromatic carbocycles. The number of benzene rings is 4. The van der Waals surface area contributed by atoms with E-state index in [9.17, 15) is 0 Å². The van der Waals surface area contributed by atoms with Crippen molar-refractivity contribution < 1.29 is 4.57 Å². The van der Waals surface area contributed by atoms with Crippen LogP contribution in [0.15, 0.2) is 76.7 Å². The Kier molecular flexibility index (Phi) is 4.23. The highest BCUT2D eigenvalue weighted by Crippen LogP contribution is 2.50.